The van der Waals surface area contributed by atoms with Crippen LogP contribution in [-0.2, 0) is 16.1 Å². The number of aryl methyl sites for hydroxylation is 1. The maximum atomic E-state index is 11.8. The number of rotatable bonds is 6. The minimum Gasteiger partial charge on any atom is -0.480 e. The number of carboxylic acids is 1. The van der Waals surface area contributed by atoms with Crippen LogP contribution in [0.25, 0.3) is 10.9 Å². The van der Waals surface area contributed by atoms with Gasteiger partial charge in [-0.3, -0.25) is 14.4 Å². The van der Waals surface area contributed by atoms with E-state index in [2.05, 4.69) is 5.32 Å². The van der Waals surface area contributed by atoms with Gasteiger partial charge in [0.1, 0.15) is 6.04 Å². The molecule has 0 aliphatic heterocycles. The summed E-state index contributed by atoms with van der Waals surface area (Å²) in [6.45, 7) is 3.30. The molecule has 0 radical (unpaired) electrons. The highest BCUT2D eigenvalue weighted by atomic mass is 16.4. The molecule has 2 rings (SSSR count). The molecule has 1 atom stereocenters. The Balaban J connectivity index is 2.14. The van der Waals surface area contributed by atoms with E-state index in [0.717, 1.165) is 10.9 Å². The first-order chi connectivity index (χ1) is 10.4. The lowest BCUT2D eigenvalue weighted by Gasteiger charge is -2.10. The highest BCUT2D eigenvalue weighted by Gasteiger charge is 2.15. The second-order valence-corrected chi connectivity index (χ2v) is 5.19. The Labute approximate surface area is 127 Å². The van der Waals surface area contributed by atoms with Crippen LogP contribution in [0.15, 0.2) is 30.5 Å². The predicted molar refractivity (Wildman–Crippen MR) is 81.8 cm³/mol. The van der Waals surface area contributed by atoms with Crippen molar-refractivity contribution in [1.29, 1.82) is 0 Å². The molecule has 1 amide bonds. The summed E-state index contributed by atoms with van der Waals surface area (Å²) in [5, 5.41) is 12.0. The highest BCUT2D eigenvalue weighted by Crippen LogP contribution is 2.22. The van der Waals surface area contributed by atoms with Crippen LogP contribution in [0.5, 0.6) is 0 Å². The number of nitrogens with one attached hydrogen (secondary N) is 1. The number of carbonyl (C=O) groups excluding carboxylic acids is 2. The van der Waals surface area contributed by atoms with Gasteiger partial charge in [0.2, 0.25) is 5.91 Å². The van der Waals surface area contributed by atoms with Crippen molar-refractivity contribution in [2.45, 2.75) is 32.9 Å². The van der Waals surface area contributed by atoms with Crippen molar-refractivity contribution in [2.75, 3.05) is 0 Å². The molecule has 0 spiro atoms. The number of ketones is 1. The van der Waals surface area contributed by atoms with Gasteiger partial charge in [-0.05, 0) is 19.9 Å². The average molecular weight is 302 g/mol. The van der Waals surface area contributed by atoms with Gasteiger partial charge >= 0.3 is 5.97 Å². The fourth-order valence-electron chi connectivity index (χ4n) is 2.31. The monoisotopic (exact) mass is 302 g/mol. The van der Waals surface area contributed by atoms with Gasteiger partial charge in [-0.25, -0.2) is 0 Å². The summed E-state index contributed by atoms with van der Waals surface area (Å²) in [7, 11) is 0. The van der Waals surface area contributed by atoms with Gasteiger partial charge in [-0.1, -0.05) is 18.2 Å². The van der Waals surface area contributed by atoms with Crippen LogP contribution in [-0.4, -0.2) is 33.4 Å². The van der Waals surface area contributed by atoms with E-state index in [1.54, 1.807) is 6.20 Å². The fraction of sp³-hybridized carbons (Fsp3) is 0.312. The first kappa shape index (κ1) is 15.8. The number of nitrogens with zero attached hydrogens (tertiary/aromatic N) is 1. The van der Waals surface area contributed by atoms with Crippen LogP contribution >= 0.6 is 0 Å². The number of hydrogen-bond donors (Lipinski definition) is 2. The molecule has 0 saturated heterocycles. The number of benzene rings is 1. The van der Waals surface area contributed by atoms with Gasteiger partial charge in [-0.2, -0.15) is 0 Å². The molecular formula is C16H18N2O4. The molecule has 0 aliphatic rings. The van der Waals surface area contributed by atoms with E-state index in [1.165, 1.54) is 13.8 Å². The Kier molecular flexibility index (Phi) is 4.60. The van der Waals surface area contributed by atoms with Crippen molar-refractivity contribution in [3.8, 4) is 0 Å². The van der Waals surface area contributed by atoms with Crippen LogP contribution in [0.2, 0.25) is 0 Å². The van der Waals surface area contributed by atoms with Crippen LogP contribution in [0.3, 0.4) is 0 Å². The van der Waals surface area contributed by atoms with Crippen LogP contribution in [0.1, 0.15) is 30.6 Å². The number of Topliss-reactive ketones (excluding diaryl/α,β-unsaturated/α-hetero) is 1. The Morgan fingerprint density at radius 2 is 1.95 bits per heavy atom. The molecule has 2 aromatic rings. The van der Waals surface area contributed by atoms with Gasteiger partial charge in [0, 0.05) is 35.6 Å². The Morgan fingerprint density at radius 1 is 1.27 bits per heavy atom. The molecule has 1 aromatic heterocycles. The lowest BCUT2D eigenvalue weighted by Crippen LogP contribution is -2.38. The maximum Gasteiger partial charge on any atom is 0.325 e. The van der Waals surface area contributed by atoms with Crippen molar-refractivity contribution in [3.05, 3.63) is 36.0 Å². The van der Waals surface area contributed by atoms with Crippen LogP contribution < -0.4 is 5.32 Å². The number of fused-ring (bicyclic) bond motifs is 1. The third-order valence-corrected chi connectivity index (χ3v) is 3.50. The van der Waals surface area contributed by atoms with Crippen molar-refractivity contribution in [2.24, 2.45) is 0 Å². The average Bonchev–Trinajstić information content (AvgIpc) is 2.84. The van der Waals surface area contributed by atoms with Crippen LogP contribution in [0.4, 0.5) is 0 Å². The summed E-state index contributed by atoms with van der Waals surface area (Å²) in [6.07, 6.45) is 1.88. The number of carboxylic acid groups (broad SMARTS) is 1. The molecule has 6 nitrogen and oxygen atoms in total. The smallest absolute Gasteiger partial charge is 0.325 e. The SMILES string of the molecule is CC(=O)c1cn(CCC(=O)N[C@H](C)C(=O)O)c2ccccc12. The number of para-hydroxylation sites is 1. The Bertz CT molecular complexity index is 733. The van der Waals surface area contributed by atoms with Gasteiger partial charge < -0.3 is 15.0 Å². The zero-order valence-electron chi connectivity index (χ0n) is 12.5. The number of aliphatic carboxylic acids is 1. The van der Waals surface area contributed by atoms with E-state index < -0.39 is 12.0 Å². The lowest BCUT2D eigenvalue weighted by molar-refractivity contribution is -0.141. The van der Waals surface area contributed by atoms with Crippen molar-refractivity contribution >= 4 is 28.6 Å². The fourth-order valence-corrected chi connectivity index (χ4v) is 2.31. The van der Waals surface area contributed by atoms with E-state index in [0.29, 0.717) is 12.1 Å². The van der Waals surface area contributed by atoms with Gasteiger partial charge in [0.05, 0.1) is 0 Å². The molecule has 0 aliphatic carbocycles. The lowest BCUT2D eigenvalue weighted by atomic mass is 10.1. The molecule has 0 unspecified atom stereocenters. The summed E-state index contributed by atoms with van der Waals surface area (Å²) in [6, 6.07) is 6.58. The number of hydrogen-bond acceptors (Lipinski definition) is 3. The van der Waals surface area contributed by atoms with E-state index in [4.69, 9.17) is 5.11 Å². The van der Waals surface area contributed by atoms with Crippen molar-refractivity contribution < 1.29 is 19.5 Å². The largest absolute Gasteiger partial charge is 0.480 e. The zero-order valence-corrected chi connectivity index (χ0v) is 12.5. The molecule has 1 aromatic carbocycles. The zero-order chi connectivity index (χ0) is 16.3. The number of amides is 1. The third kappa shape index (κ3) is 3.33. The summed E-state index contributed by atoms with van der Waals surface area (Å²) >= 11 is 0. The summed E-state index contributed by atoms with van der Waals surface area (Å²) in [5.74, 6) is -1.44. The van der Waals surface area contributed by atoms with E-state index in [1.807, 2.05) is 28.8 Å². The molecule has 0 bridgehead atoms. The molecule has 0 fully saturated rings. The summed E-state index contributed by atoms with van der Waals surface area (Å²) in [5.41, 5.74) is 1.50. The first-order valence-electron chi connectivity index (χ1n) is 7.01. The molecule has 116 valence electrons. The number of carbonyl (C=O) groups is 3. The molecule has 22 heavy (non-hydrogen) atoms. The van der Waals surface area contributed by atoms with Crippen LogP contribution in [0, 0.1) is 0 Å². The highest BCUT2D eigenvalue weighted by molar-refractivity contribution is 6.07. The normalized spacial score (nSPS) is 12.1. The molecule has 1 heterocycles. The minimum atomic E-state index is -1.07. The summed E-state index contributed by atoms with van der Waals surface area (Å²) in [4.78, 5) is 34.1. The molecule has 0 saturated carbocycles. The second kappa shape index (κ2) is 6.43. The first-order valence-corrected chi connectivity index (χ1v) is 7.01. The number of aromatic nitrogens is 1. The standard InChI is InChI=1S/C16H18N2O4/c1-10(16(21)22)17-15(20)7-8-18-9-13(11(2)19)12-5-3-4-6-14(12)18/h3-6,9-10H,7-8H2,1-2H3,(H,17,20)(H,21,22)/t10-/m1/s1. The maximum absolute atomic E-state index is 11.8. The van der Waals surface area contributed by atoms with E-state index in [9.17, 15) is 14.4 Å². The predicted octanol–water partition coefficient (Wildman–Crippen LogP) is 1.82. The van der Waals surface area contributed by atoms with Gasteiger partial charge in [0.25, 0.3) is 0 Å². The van der Waals surface area contributed by atoms with Crippen molar-refractivity contribution in [1.82, 2.24) is 9.88 Å². The molecule has 6 heteroatoms. The second-order valence-electron chi connectivity index (χ2n) is 5.19. The third-order valence-electron chi connectivity index (χ3n) is 3.50. The Morgan fingerprint density at radius 3 is 2.59 bits per heavy atom. The van der Waals surface area contributed by atoms with E-state index in [-0.39, 0.29) is 18.1 Å². The quantitative estimate of drug-likeness (QED) is 0.797. The molecular weight excluding hydrogens is 284 g/mol. The summed E-state index contributed by atoms with van der Waals surface area (Å²) < 4.78 is 1.84. The van der Waals surface area contributed by atoms with Crippen molar-refractivity contribution in [3.63, 3.8) is 0 Å². The topological polar surface area (TPSA) is 88.4 Å². The van der Waals surface area contributed by atoms with E-state index >= 15 is 0 Å². The minimum absolute atomic E-state index is 0.0288. The van der Waals surface area contributed by atoms with Gasteiger partial charge in [-0.15, -0.1) is 0 Å². The Hall–Kier alpha value is -2.63. The van der Waals surface area contributed by atoms with Gasteiger partial charge in [0.15, 0.2) is 5.78 Å². The molecule has 2 N–H and O–H groups in total.